The molecule has 72 valence electrons. The van der Waals surface area contributed by atoms with Crippen LogP contribution in [-0.2, 0) is 11.3 Å². The highest BCUT2D eigenvalue weighted by molar-refractivity contribution is 5.52. The summed E-state index contributed by atoms with van der Waals surface area (Å²) in [4.78, 5) is 12.3. The molecule has 0 atom stereocenters. The molecule has 0 saturated heterocycles. The van der Waals surface area contributed by atoms with E-state index in [9.17, 15) is 4.79 Å². The number of benzene rings is 1. The Morgan fingerprint density at radius 2 is 2.07 bits per heavy atom. The maximum atomic E-state index is 10.4. The summed E-state index contributed by atoms with van der Waals surface area (Å²) in [6.45, 7) is 1.62. The number of hydrogen-bond donors (Lipinski definition) is 0. The van der Waals surface area contributed by atoms with Crippen molar-refractivity contribution in [2.24, 2.45) is 0 Å². The smallest absolute Gasteiger partial charge is 0.134 e. The molecule has 1 aromatic carbocycles. The van der Waals surface area contributed by atoms with E-state index >= 15 is 0 Å². The second-order valence-electron chi connectivity index (χ2n) is 3.03. The fourth-order valence-corrected chi connectivity index (χ4v) is 1.26. The van der Waals surface area contributed by atoms with Crippen LogP contribution in [0.15, 0.2) is 30.3 Å². The van der Waals surface area contributed by atoms with Gasteiger partial charge in [-0.05, 0) is 5.56 Å². The van der Waals surface area contributed by atoms with Gasteiger partial charge in [0.2, 0.25) is 0 Å². The van der Waals surface area contributed by atoms with E-state index in [4.69, 9.17) is 6.42 Å². The molecule has 0 bridgehead atoms. The van der Waals surface area contributed by atoms with Crippen molar-refractivity contribution in [1.82, 2.24) is 4.90 Å². The van der Waals surface area contributed by atoms with Crippen molar-refractivity contribution in [3.8, 4) is 12.3 Å². The van der Waals surface area contributed by atoms with E-state index in [1.54, 1.807) is 0 Å². The van der Waals surface area contributed by atoms with Gasteiger partial charge in [-0.15, -0.1) is 6.42 Å². The Bertz CT molecular complexity index is 313. The quantitative estimate of drug-likeness (QED) is 0.512. The van der Waals surface area contributed by atoms with E-state index in [0.29, 0.717) is 13.1 Å². The maximum absolute atomic E-state index is 10.4. The number of aldehydes is 1. The Hall–Kier alpha value is -1.59. The lowest BCUT2D eigenvalue weighted by Crippen LogP contribution is -2.25. The van der Waals surface area contributed by atoms with Gasteiger partial charge < -0.3 is 4.79 Å². The zero-order valence-electron chi connectivity index (χ0n) is 8.02. The number of nitrogens with zero attached hydrogens (tertiary/aromatic N) is 1. The van der Waals surface area contributed by atoms with Crippen LogP contribution < -0.4 is 0 Å². The average Bonchev–Trinajstić information content (AvgIpc) is 2.20. The lowest BCUT2D eigenvalue weighted by Gasteiger charge is -2.16. The van der Waals surface area contributed by atoms with Crippen molar-refractivity contribution < 1.29 is 4.79 Å². The maximum Gasteiger partial charge on any atom is 0.134 e. The van der Waals surface area contributed by atoms with Gasteiger partial charge in [0.25, 0.3) is 0 Å². The molecule has 0 radical (unpaired) electrons. The topological polar surface area (TPSA) is 20.3 Å². The molecular formula is C12H13NO. The monoisotopic (exact) mass is 187 g/mol. The first-order valence-corrected chi connectivity index (χ1v) is 4.50. The molecule has 0 aliphatic carbocycles. The van der Waals surface area contributed by atoms with Crippen molar-refractivity contribution in [2.45, 2.75) is 6.54 Å². The Morgan fingerprint density at radius 1 is 1.36 bits per heavy atom. The molecular weight excluding hydrogens is 174 g/mol. The second-order valence-corrected chi connectivity index (χ2v) is 3.03. The summed E-state index contributed by atoms with van der Waals surface area (Å²) < 4.78 is 0. The first-order valence-electron chi connectivity index (χ1n) is 4.50. The fourth-order valence-electron chi connectivity index (χ4n) is 1.26. The number of terminal acetylenes is 1. The normalized spacial score (nSPS) is 9.71. The molecule has 0 aliphatic rings. The summed E-state index contributed by atoms with van der Waals surface area (Å²) in [5, 5.41) is 0. The number of hydrogen-bond acceptors (Lipinski definition) is 2. The SMILES string of the molecule is C#CCN(CC=O)Cc1ccccc1. The minimum Gasteiger partial charge on any atom is -0.302 e. The first-order chi connectivity index (χ1) is 6.86. The Balaban J connectivity index is 2.56. The minimum absolute atomic E-state index is 0.388. The average molecular weight is 187 g/mol. The lowest BCUT2D eigenvalue weighted by atomic mass is 10.2. The van der Waals surface area contributed by atoms with E-state index in [-0.39, 0.29) is 0 Å². The molecule has 1 aromatic rings. The summed E-state index contributed by atoms with van der Waals surface area (Å²) in [6.07, 6.45) is 6.08. The van der Waals surface area contributed by atoms with E-state index in [1.165, 1.54) is 5.56 Å². The van der Waals surface area contributed by atoms with Gasteiger partial charge in [0.1, 0.15) is 6.29 Å². The molecule has 2 heteroatoms. The highest BCUT2D eigenvalue weighted by Crippen LogP contribution is 2.02. The highest BCUT2D eigenvalue weighted by atomic mass is 16.1. The minimum atomic E-state index is 0.388. The predicted molar refractivity (Wildman–Crippen MR) is 56.6 cm³/mol. The van der Waals surface area contributed by atoms with Crippen molar-refractivity contribution in [2.75, 3.05) is 13.1 Å². The third-order valence-electron chi connectivity index (χ3n) is 1.90. The molecule has 0 saturated carbocycles. The first kappa shape index (κ1) is 10.5. The van der Waals surface area contributed by atoms with E-state index < -0.39 is 0 Å². The Kier molecular flexibility index (Phi) is 4.46. The summed E-state index contributed by atoms with van der Waals surface area (Å²) >= 11 is 0. The van der Waals surface area contributed by atoms with Crippen LogP contribution in [-0.4, -0.2) is 24.3 Å². The highest BCUT2D eigenvalue weighted by Gasteiger charge is 2.02. The third kappa shape index (κ3) is 3.42. The molecule has 2 nitrogen and oxygen atoms in total. The molecule has 0 aromatic heterocycles. The molecule has 0 amide bonds. The molecule has 0 unspecified atom stereocenters. The van der Waals surface area contributed by atoms with Crippen molar-refractivity contribution in [3.63, 3.8) is 0 Å². The summed E-state index contributed by atoms with van der Waals surface area (Å²) in [7, 11) is 0. The molecule has 0 spiro atoms. The van der Waals surface area contributed by atoms with Gasteiger partial charge >= 0.3 is 0 Å². The predicted octanol–water partition coefficient (Wildman–Crippen LogP) is 1.32. The van der Waals surface area contributed by atoms with Gasteiger partial charge in [-0.3, -0.25) is 4.90 Å². The fraction of sp³-hybridized carbons (Fsp3) is 0.250. The summed E-state index contributed by atoms with van der Waals surface area (Å²) in [5.41, 5.74) is 1.17. The van der Waals surface area contributed by atoms with Gasteiger partial charge in [0.15, 0.2) is 0 Å². The summed E-state index contributed by atoms with van der Waals surface area (Å²) in [5.74, 6) is 2.54. The standard InChI is InChI=1S/C12H13NO/c1-2-8-13(9-10-14)11-12-6-4-3-5-7-12/h1,3-7,10H,8-9,11H2. The Morgan fingerprint density at radius 3 is 2.64 bits per heavy atom. The molecule has 1 rings (SSSR count). The van der Waals surface area contributed by atoms with E-state index in [2.05, 4.69) is 5.92 Å². The van der Waals surface area contributed by atoms with Crippen molar-refractivity contribution >= 4 is 6.29 Å². The molecule has 0 aliphatic heterocycles. The zero-order chi connectivity index (χ0) is 10.2. The second kappa shape index (κ2) is 5.95. The van der Waals surface area contributed by atoms with Crippen LogP contribution in [0, 0.1) is 12.3 Å². The molecule has 0 N–H and O–H groups in total. The largest absolute Gasteiger partial charge is 0.302 e. The summed E-state index contributed by atoms with van der Waals surface area (Å²) in [6, 6.07) is 9.96. The number of rotatable bonds is 5. The zero-order valence-corrected chi connectivity index (χ0v) is 8.02. The van der Waals surface area contributed by atoms with Gasteiger partial charge in [0.05, 0.1) is 13.1 Å². The lowest BCUT2D eigenvalue weighted by molar-refractivity contribution is -0.108. The van der Waals surface area contributed by atoms with Crippen molar-refractivity contribution in [1.29, 1.82) is 0 Å². The van der Waals surface area contributed by atoms with Crippen molar-refractivity contribution in [3.05, 3.63) is 35.9 Å². The van der Waals surface area contributed by atoms with Crippen LogP contribution >= 0.6 is 0 Å². The van der Waals surface area contributed by atoms with Crippen LogP contribution in [0.2, 0.25) is 0 Å². The third-order valence-corrected chi connectivity index (χ3v) is 1.90. The number of carbonyl (C=O) groups is 1. The number of carbonyl (C=O) groups excluding carboxylic acids is 1. The van der Waals surface area contributed by atoms with Gasteiger partial charge in [0, 0.05) is 6.54 Å². The molecule has 14 heavy (non-hydrogen) atoms. The van der Waals surface area contributed by atoms with E-state index in [1.807, 2.05) is 35.2 Å². The molecule has 0 heterocycles. The van der Waals surface area contributed by atoms with Crippen LogP contribution in [0.3, 0.4) is 0 Å². The van der Waals surface area contributed by atoms with Gasteiger partial charge in [-0.1, -0.05) is 36.3 Å². The van der Waals surface area contributed by atoms with Crippen LogP contribution in [0.1, 0.15) is 5.56 Å². The van der Waals surface area contributed by atoms with Crippen LogP contribution in [0.4, 0.5) is 0 Å². The van der Waals surface area contributed by atoms with Crippen LogP contribution in [0.5, 0.6) is 0 Å². The van der Waals surface area contributed by atoms with Crippen LogP contribution in [0.25, 0.3) is 0 Å². The van der Waals surface area contributed by atoms with E-state index in [0.717, 1.165) is 12.8 Å². The van der Waals surface area contributed by atoms with Gasteiger partial charge in [-0.25, -0.2) is 0 Å². The van der Waals surface area contributed by atoms with Gasteiger partial charge in [-0.2, -0.15) is 0 Å². The Labute approximate surface area is 84.5 Å². The molecule has 0 fully saturated rings.